The molecule has 0 aromatic heterocycles. The molecule has 0 aliphatic heterocycles. The maximum absolute atomic E-state index is 9.72. The van der Waals surface area contributed by atoms with Gasteiger partial charge in [-0.15, -0.1) is 0 Å². The monoisotopic (exact) mass is 252 g/mol. The van der Waals surface area contributed by atoms with Gasteiger partial charge < -0.3 is 9.11 Å². The molecule has 0 saturated carbocycles. The minimum absolute atomic E-state index is 0. The van der Waals surface area contributed by atoms with Crippen LogP contribution in [0.5, 0.6) is 0 Å². The molecule has 0 heterocycles. The van der Waals surface area contributed by atoms with Crippen molar-refractivity contribution in [3.05, 3.63) is 0 Å². The Hall–Kier alpha value is 0.443. The fourth-order valence-corrected chi connectivity index (χ4v) is 1.84. The summed E-state index contributed by atoms with van der Waals surface area (Å²) in [5, 5.41) is 0. The van der Waals surface area contributed by atoms with Crippen molar-refractivity contribution >= 4 is 20.2 Å². The first-order valence-electron chi connectivity index (χ1n) is 2.08. The van der Waals surface area contributed by atoms with Crippen LogP contribution >= 0.6 is 0 Å². The van der Waals surface area contributed by atoms with Crippen molar-refractivity contribution in [2.24, 2.45) is 0 Å². The average Bonchev–Trinajstić information content (AvgIpc) is 1.57. The SMILES string of the molecule is O=S(=O)([O-])CCS(=O)(=O)[O-].[Zn+2]. The van der Waals surface area contributed by atoms with E-state index >= 15 is 0 Å². The Kier molecular flexibility index (Phi) is 5.68. The van der Waals surface area contributed by atoms with Crippen LogP contribution in [-0.4, -0.2) is 37.4 Å². The molecule has 0 unspecified atom stereocenters. The third-order valence-corrected chi connectivity index (χ3v) is 2.25. The molecule has 0 saturated heterocycles. The Morgan fingerprint density at radius 1 is 0.818 bits per heavy atom. The second kappa shape index (κ2) is 4.46. The summed E-state index contributed by atoms with van der Waals surface area (Å²) in [5.41, 5.74) is 0. The molecule has 0 fully saturated rings. The van der Waals surface area contributed by atoms with Crippen molar-refractivity contribution in [3.63, 3.8) is 0 Å². The minimum Gasteiger partial charge on any atom is -0.748 e. The molecule has 0 amide bonds. The molecule has 0 aliphatic rings. The molecule has 0 atom stereocenters. The fraction of sp³-hybridized carbons (Fsp3) is 1.00. The summed E-state index contributed by atoms with van der Waals surface area (Å²) >= 11 is 0. The first-order chi connectivity index (χ1) is 4.21. The van der Waals surface area contributed by atoms with Gasteiger partial charge in [-0.1, -0.05) is 0 Å². The van der Waals surface area contributed by atoms with E-state index in [1.807, 2.05) is 0 Å². The summed E-state index contributed by atoms with van der Waals surface area (Å²) in [6, 6.07) is 0. The number of hydrogen-bond donors (Lipinski definition) is 0. The summed E-state index contributed by atoms with van der Waals surface area (Å²) in [6.45, 7) is 0. The quantitative estimate of drug-likeness (QED) is 0.427. The van der Waals surface area contributed by atoms with Gasteiger partial charge in [0.1, 0.15) is 0 Å². The van der Waals surface area contributed by atoms with Crippen molar-refractivity contribution in [2.75, 3.05) is 11.5 Å². The Morgan fingerprint density at radius 2 is 1.00 bits per heavy atom. The van der Waals surface area contributed by atoms with Crippen molar-refractivity contribution < 1.29 is 45.4 Å². The zero-order chi connectivity index (χ0) is 8.41. The van der Waals surface area contributed by atoms with Crippen LogP contribution < -0.4 is 0 Å². The Bertz CT molecular complexity index is 255. The van der Waals surface area contributed by atoms with Crippen LogP contribution in [0, 0.1) is 0 Å². The van der Waals surface area contributed by atoms with Crippen LogP contribution in [0.25, 0.3) is 0 Å². The van der Waals surface area contributed by atoms with Crippen LogP contribution in [-0.2, 0) is 39.7 Å². The summed E-state index contributed by atoms with van der Waals surface area (Å²) in [4.78, 5) is 0. The Balaban J connectivity index is 0. The number of hydrogen-bond acceptors (Lipinski definition) is 6. The van der Waals surface area contributed by atoms with Gasteiger partial charge in [-0.2, -0.15) is 0 Å². The van der Waals surface area contributed by atoms with E-state index in [-0.39, 0.29) is 19.5 Å². The Labute approximate surface area is 77.2 Å². The van der Waals surface area contributed by atoms with Crippen molar-refractivity contribution in [3.8, 4) is 0 Å². The van der Waals surface area contributed by atoms with E-state index in [4.69, 9.17) is 0 Å². The van der Waals surface area contributed by atoms with Crippen LogP contribution in [0.3, 0.4) is 0 Å². The van der Waals surface area contributed by atoms with Crippen LogP contribution in [0.15, 0.2) is 0 Å². The zero-order valence-corrected chi connectivity index (χ0v) is 9.99. The summed E-state index contributed by atoms with van der Waals surface area (Å²) in [5.74, 6) is -2.31. The maximum Gasteiger partial charge on any atom is 2.00 e. The molecule has 11 heavy (non-hydrogen) atoms. The summed E-state index contributed by atoms with van der Waals surface area (Å²) in [6.07, 6.45) is 0. The molecule has 0 spiro atoms. The van der Waals surface area contributed by atoms with Gasteiger partial charge in [0.05, 0.1) is 31.7 Å². The van der Waals surface area contributed by atoms with Gasteiger partial charge in [0.15, 0.2) is 0 Å². The smallest absolute Gasteiger partial charge is 0.748 e. The second-order valence-electron chi connectivity index (χ2n) is 1.52. The van der Waals surface area contributed by atoms with E-state index in [0.717, 1.165) is 0 Å². The molecule has 9 heteroatoms. The molecule has 0 radical (unpaired) electrons. The van der Waals surface area contributed by atoms with E-state index < -0.39 is 31.7 Å². The molecule has 0 aliphatic carbocycles. The fourth-order valence-electron chi connectivity index (χ4n) is 0.204. The molecule has 0 rings (SSSR count). The predicted molar refractivity (Wildman–Crippen MR) is 29.1 cm³/mol. The van der Waals surface area contributed by atoms with E-state index in [2.05, 4.69) is 0 Å². The zero-order valence-electron chi connectivity index (χ0n) is 5.39. The largest absolute Gasteiger partial charge is 2.00 e. The normalized spacial score (nSPS) is 12.2. The van der Waals surface area contributed by atoms with E-state index in [1.54, 1.807) is 0 Å². The van der Waals surface area contributed by atoms with Gasteiger partial charge in [0.2, 0.25) is 0 Å². The molecule has 0 aromatic carbocycles. The van der Waals surface area contributed by atoms with Gasteiger partial charge in [0, 0.05) is 0 Å². The summed E-state index contributed by atoms with van der Waals surface area (Å²) < 4.78 is 58.3. The van der Waals surface area contributed by atoms with Crippen molar-refractivity contribution in [1.29, 1.82) is 0 Å². The van der Waals surface area contributed by atoms with Gasteiger partial charge in [-0.25, -0.2) is 16.8 Å². The van der Waals surface area contributed by atoms with Gasteiger partial charge in [-0.3, -0.25) is 0 Å². The van der Waals surface area contributed by atoms with E-state index in [9.17, 15) is 25.9 Å². The van der Waals surface area contributed by atoms with Gasteiger partial charge in [-0.05, 0) is 0 Å². The second-order valence-corrected chi connectivity index (χ2v) is 4.57. The third kappa shape index (κ3) is 13.4. The average molecular weight is 254 g/mol. The van der Waals surface area contributed by atoms with Crippen LogP contribution in [0.1, 0.15) is 0 Å². The van der Waals surface area contributed by atoms with Crippen LogP contribution in [0.4, 0.5) is 0 Å². The number of rotatable bonds is 3. The molecule has 62 valence electrons. The molecule has 6 nitrogen and oxygen atoms in total. The predicted octanol–water partition coefficient (Wildman–Crippen LogP) is -1.93. The third-order valence-electron chi connectivity index (χ3n) is 0.583. The van der Waals surface area contributed by atoms with Crippen molar-refractivity contribution in [2.45, 2.75) is 0 Å². The van der Waals surface area contributed by atoms with Gasteiger partial charge >= 0.3 is 19.5 Å². The van der Waals surface area contributed by atoms with E-state index in [0.29, 0.717) is 0 Å². The summed E-state index contributed by atoms with van der Waals surface area (Å²) in [7, 11) is -9.17. The minimum atomic E-state index is -4.59. The molecular weight excluding hydrogens is 250 g/mol. The first-order valence-corrected chi connectivity index (χ1v) is 5.23. The standard InChI is InChI=1S/C2H6O6S2.Zn/c3-9(4,5)1-2-10(6,7)8;/h1-2H2,(H,3,4,5)(H,6,7,8);/q;+2/p-2. The molecule has 0 aromatic rings. The van der Waals surface area contributed by atoms with Crippen LogP contribution in [0.2, 0.25) is 0 Å². The first kappa shape index (κ1) is 14.0. The van der Waals surface area contributed by atoms with Gasteiger partial charge in [0.25, 0.3) is 0 Å². The molecule has 0 N–H and O–H groups in total. The topological polar surface area (TPSA) is 114 Å². The van der Waals surface area contributed by atoms with E-state index in [1.165, 1.54) is 0 Å². The van der Waals surface area contributed by atoms with Crippen molar-refractivity contribution in [1.82, 2.24) is 0 Å². The molecule has 0 bridgehead atoms. The Morgan fingerprint density at radius 3 is 1.09 bits per heavy atom. The molecular formula is C2H4O6S2Zn. The maximum atomic E-state index is 9.72.